The van der Waals surface area contributed by atoms with Crippen LogP contribution in [0.1, 0.15) is 0 Å². The normalized spacial score (nSPS) is 11.7. The van der Waals surface area contributed by atoms with E-state index in [9.17, 15) is 13.2 Å². The van der Waals surface area contributed by atoms with Crippen LogP contribution in [-0.4, -0.2) is 10.5 Å². The first-order chi connectivity index (χ1) is 5.49. The number of nitrogens with zero attached hydrogens (tertiary/aromatic N) is 1. The maximum absolute atomic E-state index is 11.8. The Kier molecular flexibility index (Phi) is 3.00. The molecule has 0 atom stereocenters. The summed E-state index contributed by atoms with van der Waals surface area (Å²) in [6.07, 6.45) is 1.32. The minimum absolute atomic E-state index is 0.0648. The van der Waals surface area contributed by atoms with E-state index < -0.39 is 5.51 Å². The Bertz CT molecular complexity index is 276. The molecule has 1 rings (SSSR count). The first-order valence-electron chi connectivity index (χ1n) is 2.85. The van der Waals surface area contributed by atoms with Gasteiger partial charge in [-0.15, -0.1) is 0 Å². The summed E-state index contributed by atoms with van der Waals surface area (Å²) in [4.78, 5) is 3.56. The molecule has 0 N–H and O–H groups in total. The van der Waals surface area contributed by atoms with Crippen molar-refractivity contribution in [2.45, 2.75) is 10.5 Å². The SMILES string of the molecule is FC(F)(F)Sc1ncccc1Br. The van der Waals surface area contributed by atoms with Crippen molar-refractivity contribution in [3.05, 3.63) is 22.8 Å². The fraction of sp³-hybridized carbons (Fsp3) is 0.167. The third kappa shape index (κ3) is 3.02. The van der Waals surface area contributed by atoms with Crippen molar-refractivity contribution in [2.75, 3.05) is 0 Å². The van der Waals surface area contributed by atoms with Crippen LogP contribution in [0.3, 0.4) is 0 Å². The second-order valence-electron chi connectivity index (χ2n) is 1.84. The summed E-state index contributed by atoms with van der Waals surface area (Å²) in [7, 11) is 0. The van der Waals surface area contributed by atoms with Gasteiger partial charge in [0.1, 0.15) is 5.03 Å². The van der Waals surface area contributed by atoms with E-state index in [4.69, 9.17) is 0 Å². The van der Waals surface area contributed by atoms with Crippen molar-refractivity contribution < 1.29 is 13.2 Å². The zero-order valence-corrected chi connectivity index (χ0v) is 8.00. The van der Waals surface area contributed by atoms with E-state index in [0.29, 0.717) is 4.47 Å². The number of halogens is 4. The molecule has 0 aliphatic carbocycles. The fourth-order valence-corrected chi connectivity index (χ4v) is 1.55. The molecule has 0 unspecified atom stereocenters. The van der Waals surface area contributed by atoms with Gasteiger partial charge in [0.15, 0.2) is 0 Å². The van der Waals surface area contributed by atoms with E-state index in [0.717, 1.165) is 0 Å². The van der Waals surface area contributed by atoms with Gasteiger partial charge in [-0.05, 0) is 28.1 Å². The van der Waals surface area contributed by atoms with Crippen molar-refractivity contribution >= 4 is 27.7 Å². The number of rotatable bonds is 1. The molecule has 0 saturated carbocycles. The summed E-state index contributed by atoms with van der Waals surface area (Å²) in [6, 6.07) is 3.07. The molecule has 0 aliphatic heterocycles. The fourth-order valence-electron chi connectivity index (χ4n) is 0.556. The van der Waals surface area contributed by atoms with Crippen LogP contribution >= 0.6 is 27.7 Å². The lowest BCUT2D eigenvalue weighted by Gasteiger charge is -2.04. The Labute approximate surface area is 79.5 Å². The Morgan fingerprint density at radius 2 is 2.08 bits per heavy atom. The molecule has 0 saturated heterocycles. The minimum Gasteiger partial charge on any atom is -0.248 e. The molecule has 0 spiro atoms. The van der Waals surface area contributed by atoms with Crippen molar-refractivity contribution in [3.63, 3.8) is 0 Å². The summed E-state index contributed by atoms with van der Waals surface area (Å²) >= 11 is 2.73. The highest BCUT2D eigenvalue weighted by Gasteiger charge is 2.30. The van der Waals surface area contributed by atoms with E-state index >= 15 is 0 Å². The molecule has 1 aromatic rings. The zero-order chi connectivity index (χ0) is 9.19. The number of hydrogen-bond donors (Lipinski definition) is 0. The quantitative estimate of drug-likeness (QED) is 0.715. The van der Waals surface area contributed by atoms with Crippen LogP contribution in [0.25, 0.3) is 0 Å². The molecule has 0 amide bonds. The van der Waals surface area contributed by atoms with Gasteiger partial charge in [0, 0.05) is 18.0 Å². The first kappa shape index (κ1) is 9.85. The van der Waals surface area contributed by atoms with E-state index in [1.807, 2.05) is 0 Å². The lowest BCUT2D eigenvalue weighted by atomic mass is 10.5. The highest BCUT2D eigenvalue weighted by atomic mass is 79.9. The lowest BCUT2D eigenvalue weighted by molar-refractivity contribution is -0.0329. The topological polar surface area (TPSA) is 12.9 Å². The molecular weight excluding hydrogens is 255 g/mol. The van der Waals surface area contributed by atoms with Crippen LogP contribution in [0.5, 0.6) is 0 Å². The lowest BCUT2D eigenvalue weighted by Crippen LogP contribution is -2.00. The van der Waals surface area contributed by atoms with Crippen molar-refractivity contribution in [2.24, 2.45) is 0 Å². The van der Waals surface area contributed by atoms with Gasteiger partial charge in [0.05, 0.1) is 4.47 Å². The number of pyridine rings is 1. The van der Waals surface area contributed by atoms with Crippen LogP contribution in [0, 0.1) is 0 Å². The molecular formula is C6H3BrF3NS. The molecule has 6 heteroatoms. The molecule has 0 radical (unpaired) electrons. The number of alkyl halides is 3. The highest BCUT2D eigenvalue weighted by Crippen LogP contribution is 2.38. The molecule has 12 heavy (non-hydrogen) atoms. The monoisotopic (exact) mass is 257 g/mol. The molecule has 1 aromatic heterocycles. The highest BCUT2D eigenvalue weighted by molar-refractivity contribution is 9.10. The second kappa shape index (κ2) is 3.66. The number of aromatic nitrogens is 1. The van der Waals surface area contributed by atoms with Gasteiger partial charge in [0.2, 0.25) is 0 Å². The third-order valence-corrected chi connectivity index (χ3v) is 2.59. The molecule has 0 fully saturated rings. The predicted octanol–water partition coefficient (Wildman–Crippen LogP) is 3.46. The summed E-state index contributed by atoms with van der Waals surface area (Å²) in [5.74, 6) is 0. The maximum atomic E-state index is 11.8. The first-order valence-corrected chi connectivity index (χ1v) is 4.46. The van der Waals surface area contributed by atoms with E-state index in [-0.39, 0.29) is 16.8 Å². The van der Waals surface area contributed by atoms with Crippen LogP contribution in [0.15, 0.2) is 27.8 Å². The van der Waals surface area contributed by atoms with Crippen LogP contribution in [-0.2, 0) is 0 Å². The summed E-state index contributed by atoms with van der Waals surface area (Å²) < 4.78 is 35.8. The Balaban J connectivity index is 2.83. The van der Waals surface area contributed by atoms with E-state index in [1.165, 1.54) is 12.3 Å². The summed E-state index contributed by atoms with van der Waals surface area (Å²) in [5, 5.41) is -0.0648. The maximum Gasteiger partial charge on any atom is 0.447 e. The van der Waals surface area contributed by atoms with Crippen LogP contribution < -0.4 is 0 Å². The van der Waals surface area contributed by atoms with Crippen molar-refractivity contribution in [1.82, 2.24) is 4.98 Å². The average Bonchev–Trinajstić information content (AvgIpc) is 1.91. The molecule has 0 bridgehead atoms. The molecule has 0 aliphatic rings. The van der Waals surface area contributed by atoms with Gasteiger partial charge >= 0.3 is 5.51 Å². The van der Waals surface area contributed by atoms with Gasteiger partial charge in [0.25, 0.3) is 0 Å². The minimum atomic E-state index is -4.28. The van der Waals surface area contributed by atoms with Crippen molar-refractivity contribution in [3.8, 4) is 0 Å². The summed E-state index contributed by atoms with van der Waals surface area (Å²) in [6.45, 7) is 0. The van der Waals surface area contributed by atoms with Gasteiger partial charge in [-0.1, -0.05) is 0 Å². The zero-order valence-electron chi connectivity index (χ0n) is 5.60. The molecule has 0 aromatic carbocycles. The Hall–Kier alpha value is -0.230. The van der Waals surface area contributed by atoms with E-state index in [1.54, 1.807) is 6.07 Å². The predicted molar refractivity (Wildman–Crippen MR) is 43.8 cm³/mol. The number of hydrogen-bond acceptors (Lipinski definition) is 2. The molecule has 1 heterocycles. The van der Waals surface area contributed by atoms with Gasteiger partial charge in [-0.2, -0.15) is 13.2 Å². The Morgan fingerprint density at radius 3 is 2.58 bits per heavy atom. The standard InChI is InChI=1S/C6H3BrF3NS/c7-4-2-1-3-11-5(4)12-6(8,9)10/h1-3H. The van der Waals surface area contributed by atoms with E-state index in [2.05, 4.69) is 20.9 Å². The van der Waals surface area contributed by atoms with Crippen LogP contribution in [0.2, 0.25) is 0 Å². The smallest absolute Gasteiger partial charge is 0.248 e. The second-order valence-corrected chi connectivity index (χ2v) is 3.75. The third-order valence-electron chi connectivity index (χ3n) is 0.937. The number of thioether (sulfide) groups is 1. The largest absolute Gasteiger partial charge is 0.447 e. The average molecular weight is 258 g/mol. The summed E-state index contributed by atoms with van der Waals surface area (Å²) in [5.41, 5.74) is -4.28. The van der Waals surface area contributed by atoms with Crippen molar-refractivity contribution in [1.29, 1.82) is 0 Å². The van der Waals surface area contributed by atoms with Gasteiger partial charge in [-0.3, -0.25) is 0 Å². The van der Waals surface area contributed by atoms with Crippen LogP contribution in [0.4, 0.5) is 13.2 Å². The molecule has 66 valence electrons. The van der Waals surface area contributed by atoms with Gasteiger partial charge in [-0.25, -0.2) is 4.98 Å². The van der Waals surface area contributed by atoms with Gasteiger partial charge < -0.3 is 0 Å². The Morgan fingerprint density at radius 1 is 1.42 bits per heavy atom. The molecule has 1 nitrogen and oxygen atoms in total.